The lowest BCUT2D eigenvalue weighted by Gasteiger charge is -2.34. The predicted molar refractivity (Wildman–Crippen MR) is 114 cm³/mol. The van der Waals surface area contributed by atoms with Crippen LogP contribution in [0.1, 0.15) is 57.0 Å². The van der Waals surface area contributed by atoms with Gasteiger partial charge in [-0.3, -0.25) is 4.98 Å². The predicted octanol–water partition coefficient (Wildman–Crippen LogP) is 3.12. The van der Waals surface area contributed by atoms with Gasteiger partial charge in [-0.25, -0.2) is 15.0 Å². The van der Waals surface area contributed by atoms with Crippen LogP contribution in [-0.4, -0.2) is 49.7 Å². The molecule has 0 amide bonds. The van der Waals surface area contributed by atoms with Gasteiger partial charge in [0, 0.05) is 43.0 Å². The molecule has 2 aliphatic rings. The Balaban J connectivity index is 1.35. The Bertz CT molecular complexity index is 1000. The molecular formula is C22H29N7. The van der Waals surface area contributed by atoms with Gasteiger partial charge < -0.3 is 14.8 Å². The molecule has 5 heterocycles. The minimum Gasteiger partial charge on any atom is -0.339 e. The molecule has 0 aliphatic carbocycles. The zero-order valence-corrected chi connectivity index (χ0v) is 17.3. The van der Waals surface area contributed by atoms with E-state index in [1.807, 2.05) is 24.8 Å². The highest BCUT2D eigenvalue weighted by Gasteiger charge is 2.39. The van der Waals surface area contributed by atoms with Crippen molar-refractivity contribution < 1.29 is 0 Å². The number of rotatable bonds is 4. The third-order valence-electron chi connectivity index (χ3n) is 6.36. The molecule has 152 valence electrons. The van der Waals surface area contributed by atoms with E-state index in [4.69, 9.17) is 4.98 Å². The van der Waals surface area contributed by atoms with Crippen LogP contribution in [0, 0.1) is 0 Å². The van der Waals surface area contributed by atoms with Gasteiger partial charge in [-0.1, -0.05) is 6.42 Å². The van der Waals surface area contributed by atoms with E-state index in [-0.39, 0.29) is 5.54 Å². The first-order valence-electron chi connectivity index (χ1n) is 10.8. The Kier molecular flexibility index (Phi) is 4.70. The second kappa shape index (κ2) is 7.37. The molecule has 0 radical (unpaired) electrons. The maximum absolute atomic E-state index is 4.88. The molecule has 3 aromatic rings. The van der Waals surface area contributed by atoms with Crippen LogP contribution >= 0.6 is 0 Å². The number of hydrogen-bond donors (Lipinski definition) is 1. The average Bonchev–Trinajstić information content (AvgIpc) is 3.33. The minimum absolute atomic E-state index is 0.263. The molecule has 7 heteroatoms. The molecule has 1 N–H and O–H groups in total. The molecule has 0 bridgehead atoms. The van der Waals surface area contributed by atoms with Crippen LogP contribution in [0.25, 0.3) is 11.0 Å². The Morgan fingerprint density at radius 2 is 2.07 bits per heavy atom. The van der Waals surface area contributed by atoms with Crippen molar-refractivity contribution in [2.24, 2.45) is 0 Å². The number of nitrogens with zero attached hydrogens (tertiary/aromatic N) is 6. The lowest BCUT2D eigenvalue weighted by atomic mass is 9.88. The lowest BCUT2D eigenvalue weighted by molar-refractivity contribution is 0.280. The van der Waals surface area contributed by atoms with Crippen molar-refractivity contribution in [1.82, 2.24) is 29.8 Å². The van der Waals surface area contributed by atoms with E-state index in [1.165, 1.54) is 25.7 Å². The monoisotopic (exact) mass is 391 g/mol. The average molecular weight is 392 g/mol. The first-order valence-corrected chi connectivity index (χ1v) is 10.8. The number of nitrogens with one attached hydrogen (secondary N) is 1. The number of imidazole rings is 1. The van der Waals surface area contributed by atoms with Gasteiger partial charge in [-0.15, -0.1) is 0 Å². The maximum Gasteiger partial charge on any atom is 0.225 e. The summed E-state index contributed by atoms with van der Waals surface area (Å²) in [6.07, 6.45) is 11.4. The number of pyridine rings is 1. The summed E-state index contributed by atoms with van der Waals surface area (Å²) in [7, 11) is 0. The van der Waals surface area contributed by atoms with Crippen LogP contribution in [-0.2, 0) is 6.42 Å². The largest absolute Gasteiger partial charge is 0.339 e. The summed E-state index contributed by atoms with van der Waals surface area (Å²) >= 11 is 0. The van der Waals surface area contributed by atoms with Gasteiger partial charge in [0.2, 0.25) is 5.95 Å². The van der Waals surface area contributed by atoms with Crippen LogP contribution in [0.5, 0.6) is 0 Å². The van der Waals surface area contributed by atoms with E-state index in [2.05, 4.69) is 49.6 Å². The third kappa shape index (κ3) is 3.59. The summed E-state index contributed by atoms with van der Waals surface area (Å²) < 4.78 is 2.19. The van der Waals surface area contributed by atoms with Gasteiger partial charge in [0.15, 0.2) is 0 Å². The number of anilines is 1. The SMILES string of the molecule is CC(C)n1cnc2cnc(Cc3ccnc(N4CCC5(CCCCN5)C4)n3)cc21. The number of hydrogen-bond acceptors (Lipinski definition) is 6. The highest BCUT2D eigenvalue weighted by atomic mass is 15.3. The van der Waals surface area contributed by atoms with E-state index in [9.17, 15) is 0 Å². The van der Waals surface area contributed by atoms with Gasteiger partial charge in [0.1, 0.15) is 5.52 Å². The Morgan fingerprint density at radius 3 is 2.90 bits per heavy atom. The zero-order chi connectivity index (χ0) is 19.8. The molecule has 29 heavy (non-hydrogen) atoms. The molecule has 0 aromatic carbocycles. The molecule has 1 unspecified atom stereocenters. The Hall–Kier alpha value is -2.54. The minimum atomic E-state index is 0.263. The van der Waals surface area contributed by atoms with Gasteiger partial charge in [0.25, 0.3) is 0 Å². The van der Waals surface area contributed by atoms with E-state index in [0.717, 1.165) is 48.0 Å². The Labute approximate surface area is 171 Å². The molecular weight excluding hydrogens is 362 g/mol. The van der Waals surface area contributed by atoms with Gasteiger partial charge in [-0.05, 0) is 51.8 Å². The van der Waals surface area contributed by atoms with Crippen molar-refractivity contribution in [3.8, 4) is 0 Å². The van der Waals surface area contributed by atoms with Crippen LogP contribution in [0.3, 0.4) is 0 Å². The van der Waals surface area contributed by atoms with E-state index < -0.39 is 0 Å². The van der Waals surface area contributed by atoms with Crippen molar-refractivity contribution in [2.75, 3.05) is 24.5 Å². The van der Waals surface area contributed by atoms with Crippen LogP contribution in [0.15, 0.2) is 30.9 Å². The van der Waals surface area contributed by atoms with Crippen molar-refractivity contribution >= 4 is 17.0 Å². The summed E-state index contributed by atoms with van der Waals surface area (Å²) in [5.41, 5.74) is 4.35. The summed E-state index contributed by atoms with van der Waals surface area (Å²) in [5, 5.41) is 3.76. The quantitative estimate of drug-likeness (QED) is 0.737. The van der Waals surface area contributed by atoms with E-state index in [1.54, 1.807) is 0 Å². The smallest absolute Gasteiger partial charge is 0.225 e. The topological polar surface area (TPSA) is 71.8 Å². The second-order valence-corrected chi connectivity index (χ2v) is 8.77. The summed E-state index contributed by atoms with van der Waals surface area (Å²) in [4.78, 5) is 20.9. The molecule has 7 nitrogen and oxygen atoms in total. The highest BCUT2D eigenvalue weighted by molar-refractivity contribution is 5.74. The molecule has 5 rings (SSSR count). The van der Waals surface area contributed by atoms with Crippen LogP contribution in [0.2, 0.25) is 0 Å². The molecule has 3 aromatic heterocycles. The number of piperidine rings is 1. The van der Waals surface area contributed by atoms with E-state index in [0.29, 0.717) is 12.5 Å². The molecule has 2 aliphatic heterocycles. The van der Waals surface area contributed by atoms with Crippen molar-refractivity contribution in [2.45, 2.75) is 57.5 Å². The number of fused-ring (bicyclic) bond motifs is 1. The molecule has 1 atom stereocenters. The van der Waals surface area contributed by atoms with Crippen molar-refractivity contribution in [3.63, 3.8) is 0 Å². The maximum atomic E-state index is 4.88. The van der Waals surface area contributed by atoms with Gasteiger partial charge >= 0.3 is 0 Å². The summed E-state index contributed by atoms with van der Waals surface area (Å²) in [5.74, 6) is 0.847. The van der Waals surface area contributed by atoms with Crippen molar-refractivity contribution in [3.05, 3.63) is 42.2 Å². The zero-order valence-electron chi connectivity index (χ0n) is 17.3. The van der Waals surface area contributed by atoms with E-state index >= 15 is 0 Å². The molecule has 1 spiro atoms. The second-order valence-electron chi connectivity index (χ2n) is 8.77. The van der Waals surface area contributed by atoms with Crippen molar-refractivity contribution in [1.29, 1.82) is 0 Å². The fourth-order valence-corrected chi connectivity index (χ4v) is 4.72. The van der Waals surface area contributed by atoms with Crippen LogP contribution in [0.4, 0.5) is 5.95 Å². The first kappa shape index (κ1) is 18.5. The highest BCUT2D eigenvalue weighted by Crippen LogP contribution is 2.31. The Morgan fingerprint density at radius 1 is 1.14 bits per heavy atom. The fourth-order valence-electron chi connectivity index (χ4n) is 4.72. The fraction of sp³-hybridized carbons (Fsp3) is 0.545. The molecule has 0 saturated carbocycles. The summed E-state index contributed by atoms with van der Waals surface area (Å²) in [6.45, 7) is 7.50. The van der Waals surface area contributed by atoms with Crippen LogP contribution < -0.4 is 10.2 Å². The number of aromatic nitrogens is 5. The van der Waals surface area contributed by atoms with Gasteiger partial charge in [-0.2, -0.15) is 0 Å². The third-order valence-corrected chi connectivity index (χ3v) is 6.36. The molecule has 2 fully saturated rings. The summed E-state index contributed by atoms with van der Waals surface area (Å²) in [6, 6.07) is 4.51. The molecule has 2 saturated heterocycles. The standard InChI is InChI=1S/C22H29N7/c1-16(2)29-15-25-19-13-24-18(12-20(19)29)11-17-5-9-23-21(27-17)28-10-7-22(14-28)6-3-4-8-26-22/h5,9,12-13,15-16,26H,3-4,6-8,10-11,14H2,1-2H3. The lowest BCUT2D eigenvalue weighted by Crippen LogP contribution is -2.50. The first-order chi connectivity index (χ1) is 14.1. The normalized spacial score (nSPS) is 22.2. The van der Waals surface area contributed by atoms with Gasteiger partial charge in [0.05, 0.1) is 23.7 Å².